The second-order valence-electron chi connectivity index (χ2n) is 8.23. The molecule has 9 heteroatoms. The number of aromatic nitrogens is 2. The number of nitriles is 2. The van der Waals surface area contributed by atoms with Crippen LogP contribution >= 0.6 is 11.6 Å². The summed E-state index contributed by atoms with van der Waals surface area (Å²) in [5.41, 5.74) is 5.34. The number of nitro groups is 1. The van der Waals surface area contributed by atoms with E-state index in [1.54, 1.807) is 12.1 Å². The number of nitro benzene ring substituents is 1. The lowest BCUT2D eigenvalue weighted by Gasteiger charge is -2.19. The number of hydrogen-bond acceptors (Lipinski definition) is 6. The topological polar surface area (TPSA) is 120 Å². The van der Waals surface area contributed by atoms with Crippen LogP contribution in [0.15, 0.2) is 66.7 Å². The third-order valence-corrected chi connectivity index (χ3v) is 6.37. The molecule has 174 valence electrons. The number of nitrogens with one attached hydrogen (secondary N) is 1. The highest BCUT2D eigenvalue weighted by atomic mass is 35.5. The van der Waals surface area contributed by atoms with E-state index in [9.17, 15) is 20.6 Å². The van der Waals surface area contributed by atoms with Gasteiger partial charge >= 0.3 is 0 Å². The Bertz CT molecular complexity index is 1760. The smallest absolute Gasteiger partial charge is 0.270 e. The van der Waals surface area contributed by atoms with Crippen molar-refractivity contribution in [3.63, 3.8) is 0 Å². The molecule has 0 bridgehead atoms. The molecule has 0 spiro atoms. The zero-order chi connectivity index (χ0) is 25.4. The molecule has 5 aromatic rings. The third-order valence-electron chi connectivity index (χ3n) is 6.11. The standard InChI is InChI=1S/C27H17ClN6O2/c1-16-21(12-17-6-8-19(28)9-7-17)26(31-23-11-10-20(34(35)36)13-18(23)14-29)33-25-5-3-2-4-24(25)32-27(33)22(16)15-30/h2-11,13,31H,12H2,1H3. The van der Waals surface area contributed by atoms with Crippen LogP contribution in [0.3, 0.4) is 0 Å². The maximum atomic E-state index is 11.2. The van der Waals surface area contributed by atoms with Crippen LogP contribution in [0, 0.1) is 39.7 Å². The summed E-state index contributed by atoms with van der Waals surface area (Å²) in [7, 11) is 0. The molecular formula is C27H17ClN6O2. The molecule has 8 nitrogen and oxygen atoms in total. The second kappa shape index (κ2) is 9.03. The van der Waals surface area contributed by atoms with Gasteiger partial charge in [0, 0.05) is 29.1 Å². The molecule has 0 amide bonds. The van der Waals surface area contributed by atoms with Gasteiger partial charge in [-0.1, -0.05) is 35.9 Å². The van der Waals surface area contributed by atoms with Crippen LogP contribution in [-0.4, -0.2) is 14.3 Å². The Hall–Kier alpha value is -4.92. The summed E-state index contributed by atoms with van der Waals surface area (Å²) in [5.74, 6) is 0.621. The molecule has 5 rings (SSSR count). The van der Waals surface area contributed by atoms with Gasteiger partial charge in [-0.3, -0.25) is 14.5 Å². The van der Waals surface area contributed by atoms with Gasteiger partial charge in [-0.15, -0.1) is 0 Å². The van der Waals surface area contributed by atoms with Crippen molar-refractivity contribution in [2.45, 2.75) is 13.3 Å². The van der Waals surface area contributed by atoms with Crippen LogP contribution in [0.1, 0.15) is 27.8 Å². The van der Waals surface area contributed by atoms with Crippen molar-refractivity contribution in [1.82, 2.24) is 9.38 Å². The first-order valence-corrected chi connectivity index (χ1v) is 11.3. The van der Waals surface area contributed by atoms with Gasteiger partial charge in [0.2, 0.25) is 0 Å². The quantitative estimate of drug-likeness (QED) is 0.223. The minimum atomic E-state index is -0.538. The van der Waals surface area contributed by atoms with Gasteiger partial charge in [0.15, 0.2) is 5.65 Å². The Morgan fingerprint density at radius 1 is 1.08 bits per heavy atom. The van der Waals surface area contributed by atoms with E-state index in [1.807, 2.05) is 53.8 Å². The molecular weight excluding hydrogens is 476 g/mol. The summed E-state index contributed by atoms with van der Waals surface area (Å²) < 4.78 is 1.87. The van der Waals surface area contributed by atoms with Crippen molar-refractivity contribution >= 4 is 45.5 Å². The Morgan fingerprint density at radius 3 is 2.53 bits per heavy atom. The molecule has 0 unspecified atom stereocenters. The SMILES string of the molecule is Cc1c(Cc2ccc(Cl)cc2)c(Nc2ccc([N+](=O)[O-])cc2C#N)n2c(nc3ccccc32)c1C#N. The molecule has 36 heavy (non-hydrogen) atoms. The fourth-order valence-electron chi connectivity index (χ4n) is 4.31. The first-order valence-electron chi connectivity index (χ1n) is 10.9. The summed E-state index contributed by atoms with van der Waals surface area (Å²) in [6.45, 7) is 1.87. The van der Waals surface area contributed by atoms with E-state index in [0.29, 0.717) is 39.7 Å². The molecule has 0 aliphatic heterocycles. The predicted molar refractivity (Wildman–Crippen MR) is 138 cm³/mol. The average molecular weight is 493 g/mol. The monoisotopic (exact) mass is 492 g/mol. The van der Waals surface area contributed by atoms with Gasteiger partial charge in [0.1, 0.15) is 18.0 Å². The minimum Gasteiger partial charge on any atom is -0.340 e. The summed E-state index contributed by atoms with van der Waals surface area (Å²) >= 11 is 6.08. The number of nitrogens with zero attached hydrogens (tertiary/aromatic N) is 5. The molecule has 3 aromatic carbocycles. The van der Waals surface area contributed by atoms with Gasteiger partial charge in [0.25, 0.3) is 5.69 Å². The van der Waals surface area contributed by atoms with Gasteiger partial charge < -0.3 is 5.32 Å². The molecule has 2 aromatic heterocycles. The number of non-ortho nitro benzene ring substituents is 1. The number of rotatable bonds is 5. The normalized spacial score (nSPS) is 10.8. The lowest BCUT2D eigenvalue weighted by molar-refractivity contribution is -0.384. The summed E-state index contributed by atoms with van der Waals surface area (Å²) in [6.07, 6.45) is 0.470. The fourth-order valence-corrected chi connectivity index (χ4v) is 4.44. The van der Waals surface area contributed by atoms with Crippen LogP contribution < -0.4 is 5.32 Å². The van der Waals surface area contributed by atoms with E-state index in [4.69, 9.17) is 16.6 Å². The zero-order valence-corrected chi connectivity index (χ0v) is 19.7. The highest BCUT2D eigenvalue weighted by Gasteiger charge is 2.22. The number of hydrogen-bond donors (Lipinski definition) is 1. The molecule has 1 N–H and O–H groups in total. The average Bonchev–Trinajstić information content (AvgIpc) is 3.26. The summed E-state index contributed by atoms with van der Waals surface area (Å²) in [4.78, 5) is 15.4. The highest BCUT2D eigenvalue weighted by molar-refractivity contribution is 6.30. The van der Waals surface area contributed by atoms with Gasteiger partial charge in [-0.05, 0) is 48.4 Å². The second-order valence-corrected chi connectivity index (χ2v) is 8.66. The Labute approximate surface area is 210 Å². The van der Waals surface area contributed by atoms with Crippen molar-refractivity contribution < 1.29 is 4.92 Å². The van der Waals surface area contributed by atoms with Gasteiger partial charge in [-0.25, -0.2) is 4.98 Å². The lowest BCUT2D eigenvalue weighted by Crippen LogP contribution is -2.09. The number of anilines is 2. The van der Waals surface area contributed by atoms with E-state index in [1.165, 1.54) is 18.2 Å². The van der Waals surface area contributed by atoms with Crippen LogP contribution in [-0.2, 0) is 6.42 Å². The number of benzene rings is 3. The van der Waals surface area contributed by atoms with E-state index < -0.39 is 4.92 Å². The predicted octanol–water partition coefficient (Wildman–Crippen LogP) is 6.44. The summed E-state index contributed by atoms with van der Waals surface area (Å²) in [6, 6.07) is 23.4. The van der Waals surface area contributed by atoms with Crippen LogP contribution in [0.4, 0.5) is 17.2 Å². The third kappa shape index (κ3) is 3.86. The first kappa shape index (κ1) is 22.9. The molecule has 0 saturated heterocycles. The van der Waals surface area contributed by atoms with Crippen LogP contribution in [0.5, 0.6) is 0 Å². The number of fused-ring (bicyclic) bond motifs is 3. The maximum Gasteiger partial charge on any atom is 0.270 e. The number of pyridine rings is 1. The Balaban J connectivity index is 1.82. The number of halogens is 1. The number of imidazole rings is 1. The van der Waals surface area contributed by atoms with E-state index in [2.05, 4.69) is 11.4 Å². The fraction of sp³-hybridized carbons (Fsp3) is 0.0741. The lowest BCUT2D eigenvalue weighted by atomic mass is 9.97. The van der Waals surface area contributed by atoms with Crippen LogP contribution in [0.2, 0.25) is 5.02 Å². The van der Waals surface area contributed by atoms with Gasteiger partial charge in [0.05, 0.1) is 32.8 Å². The van der Waals surface area contributed by atoms with Crippen molar-refractivity contribution in [2.75, 3.05) is 5.32 Å². The minimum absolute atomic E-state index is 0.126. The first-order chi connectivity index (χ1) is 17.4. The van der Waals surface area contributed by atoms with Gasteiger partial charge in [-0.2, -0.15) is 10.5 Å². The van der Waals surface area contributed by atoms with E-state index in [0.717, 1.165) is 22.2 Å². The molecule has 0 radical (unpaired) electrons. The van der Waals surface area contributed by atoms with Crippen molar-refractivity contribution in [3.05, 3.63) is 110 Å². The number of para-hydroxylation sites is 2. The van der Waals surface area contributed by atoms with Crippen molar-refractivity contribution in [1.29, 1.82) is 10.5 Å². The van der Waals surface area contributed by atoms with E-state index >= 15 is 0 Å². The van der Waals surface area contributed by atoms with Crippen LogP contribution in [0.25, 0.3) is 16.7 Å². The molecule has 0 fully saturated rings. The van der Waals surface area contributed by atoms with Crippen molar-refractivity contribution in [3.8, 4) is 12.1 Å². The summed E-state index contributed by atoms with van der Waals surface area (Å²) in [5, 5.41) is 35.0. The van der Waals surface area contributed by atoms with E-state index in [-0.39, 0.29) is 11.3 Å². The largest absolute Gasteiger partial charge is 0.340 e. The Morgan fingerprint density at radius 2 is 1.83 bits per heavy atom. The Kier molecular flexibility index (Phi) is 5.73. The maximum absolute atomic E-state index is 11.2. The zero-order valence-electron chi connectivity index (χ0n) is 19.0. The molecule has 0 atom stereocenters. The molecule has 0 aliphatic rings. The van der Waals surface area contributed by atoms with Crippen molar-refractivity contribution in [2.24, 2.45) is 0 Å². The molecule has 2 heterocycles. The molecule has 0 aliphatic carbocycles. The highest BCUT2D eigenvalue weighted by Crippen LogP contribution is 2.35. The molecule has 0 saturated carbocycles.